The van der Waals surface area contributed by atoms with E-state index in [0.717, 1.165) is 17.5 Å². The second-order valence-corrected chi connectivity index (χ2v) is 3.48. The third kappa shape index (κ3) is 3.96. The van der Waals surface area contributed by atoms with Crippen LogP contribution in [0.3, 0.4) is 0 Å². The molecule has 0 saturated heterocycles. The monoisotopic (exact) mass is 218 g/mol. The fourth-order valence-electron chi connectivity index (χ4n) is 1.19. The van der Waals surface area contributed by atoms with Crippen molar-refractivity contribution in [1.29, 1.82) is 0 Å². The Hall–Kier alpha value is -2.10. The molecule has 84 valence electrons. The summed E-state index contributed by atoms with van der Waals surface area (Å²) in [6.07, 6.45) is 5.79. The SMILES string of the molecule is CN(C)c1cccc(/C=C/C=C/[N+](=O)[O-])c1. The third-order valence-electron chi connectivity index (χ3n) is 1.99. The van der Waals surface area contributed by atoms with Gasteiger partial charge in [0.1, 0.15) is 0 Å². The standard InChI is InChI=1S/C12H14N2O2/c1-13(2)12-8-5-7-11(10-12)6-3-4-9-14(15)16/h3-10H,1-2H3/b6-3+,9-4+. The first-order valence-corrected chi connectivity index (χ1v) is 4.85. The molecule has 0 atom stereocenters. The second-order valence-electron chi connectivity index (χ2n) is 3.48. The zero-order valence-electron chi connectivity index (χ0n) is 9.33. The van der Waals surface area contributed by atoms with E-state index >= 15 is 0 Å². The Balaban J connectivity index is 2.74. The van der Waals surface area contributed by atoms with E-state index in [2.05, 4.69) is 0 Å². The fourth-order valence-corrected chi connectivity index (χ4v) is 1.19. The summed E-state index contributed by atoms with van der Waals surface area (Å²) >= 11 is 0. The van der Waals surface area contributed by atoms with Gasteiger partial charge >= 0.3 is 0 Å². The average Bonchev–Trinajstić information content (AvgIpc) is 2.24. The number of benzene rings is 1. The van der Waals surface area contributed by atoms with E-state index in [9.17, 15) is 10.1 Å². The maximum Gasteiger partial charge on any atom is 0.234 e. The molecule has 1 aromatic rings. The van der Waals surface area contributed by atoms with Gasteiger partial charge in [-0.1, -0.05) is 24.3 Å². The summed E-state index contributed by atoms with van der Waals surface area (Å²) in [6.45, 7) is 0. The molecule has 0 aliphatic rings. The lowest BCUT2D eigenvalue weighted by Crippen LogP contribution is -2.08. The molecule has 4 nitrogen and oxygen atoms in total. The van der Waals surface area contributed by atoms with Gasteiger partial charge in [0.25, 0.3) is 0 Å². The Bertz CT molecular complexity index is 423. The van der Waals surface area contributed by atoms with Gasteiger partial charge in [-0.3, -0.25) is 10.1 Å². The van der Waals surface area contributed by atoms with E-state index in [0.29, 0.717) is 0 Å². The van der Waals surface area contributed by atoms with Crippen molar-refractivity contribution in [2.24, 2.45) is 0 Å². The molecule has 0 spiro atoms. The van der Waals surface area contributed by atoms with E-state index in [-0.39, 0.29) is 0 Å². The van der Waals surface area contributed by atoms with E-state index in [4.69, 9.17) is 0 Å². The van der Waals surface area contributed by atoms with Crippen LogP contribution in [0.15, 0.2) is 42.6 Å². The molecule has 16 heavy (non-hydrogen) atoms. The third-order valence-corrected chi connectivity index (χ3v) is 1.99. The van der Waals surface area contributed by atoms with Gasteiger partial charge in [0.05, 0.1) is 4.92 Å². The van der Waals surface area contributed by atoms with Crippen molar-refractivity contribution in [3.05, 3.63) is 58.3 Å². The smallest absolute Gasteiger partial charge is 0.234 e. The Morgan fingerprint density at radius 1 is 1.31 bits per heavy atom. The summed E-state index contributed by atoms with van der Waals surface area (Å²) in [4.78, 5) is 11.6. The summed E-state index contributed by atoms with van der Waals surface area (Å²) in [5.41, 5.74) is 2.11. The molecule has 0 unspecified atom stereocenters. The highest BCUT2D eigenvalue weighted by Crippen LogP contribution is 2.14. The van der Waals surface area contributed by atoms with Crippen molar-refractivity contribution in [3.63, 3.8) is 0 Å². The molecule has 0 aliphatic carbocycles. The van der Waals surface area contributed by atoms with Gasteiger partial charge < -0.3 is 4.90 Å². The zero-order chi connectivity index (χ0) is 12.0. The van der Waals surface area contributed by atoms with E-state index in [1.807, 2.05) is 49.3 Å². The number of nitro groups is 1. The molecule has 0 aromatic heterocycles. The maximum absolute atomic E-state index is 10.0. The summed E-state index contributed by atoms with van der Waals surface area (Å²) in [7, 11) is 3.94. The second kappa shape index (κ2) is 5.70. The number of allylic oxidation sites excluding steroid dienone is 2. The normalized spacial score (nSPS) is 11.1. The molecular formula is C12H14N2O2. The van der Waals surface area contributed by atoms with Gasteiger partial charge in [0.2, 0.25) is 6.20 Å². The lowest BCUT2D eigenvalue weighted by atomic mass is 10.2. The Kier molecular flexibility index (Phi) is 4.27. The molecule has 0 fully saturated rings. The highest BCUT2D eigenvalue weighted by Gasteiger charge is 1.94. The van der Waals surface area contributed by atoms with Crippen LogP contribution in [-0.2, 0) is 0 Å². The Morgan fingerprint density at radius 2 is 2.06 bits per heavy atom. The summed E-state index contributed by atoms with van der Waals surface area (Å²) in [5.74, 6) is 0. The molecular weight excluding hydrogens is 204 g/mol. The van der Waals surface area contributed by atoms with Gasteiger partial charge in [-0.15, -0.1) is 0 Å². The number of hydrogen-bond donors (Lipinski definition) is 0. The van der Waals surface area contributed by atoms with Gasteiger partial charge in [-0.2, -0.15) is 0 Å². The molecule has 0 bridgehead atoms. The summed E-state index contributed by atoms with van der Waals surface area (Å²) in [6, 6.07) is 7.91. The minimum absolute atomic E-state index is 0.486. The van der Waals surface area contributed by atoms with Gasteiger partial charge in [0.15, 0.2) is 0 Å². The minimum Gasteiger partial charge on any atom is -0.378 e. The quantitative estimate of drug-likeness (QED) is 0.443. The lowest BCUT2D eigenvalue weighted by molar-refractivity contribution is -0.402. The number of hydrogen-bond acceptors (Lipinski definition) is 3. The molecule has 1 rings (SSSR count). The Labute approximate surface area is 94.7 Å². The molecule has 0 N–H and O–H groups in total. The first kappa shape index (κ1) is 12.0. The predicted molar refractivity (Wildman–Crippen MR) is 65.9 cm³/mol. The largest absolute Gasteiger partial charge is 0.378 e. The van der Waals surface area contributed by atoms with Crippen molar-refractivity contribution >= 4 is 11.8 Å². The van der Waals surface area contributed by atoms with E-state index < -0.39 is 4.92 Å². The van der Waals surface area contributed by atoms with Crippen LogP contribution in [0.1, 0.15) is 5.56 Å². The highest BCUT2D eigenvalue weighted by molar-refractivity contribution is 5.58. The number of anilines is 1. The first-order chi connectivity index (χ1) is 7.59. The molecule has 1 aromatic carbocycles. The van der Waals surface area contributed by atoms with Crippen LogP contribution < -0.4 is 4.90 Å². The Morgan fingerprint density at radius 3 is 2.69 bits per heavy atom. The molecule has 0 amide bonds. The zero-order valence-corrected chi connectivity index (χ0v) is 9.33. The molecule has 0 radical (unpaired) electrons. The van der Waals surface area contributed by atoms with Crippen molar-refractivity contribution < 1.29 is 4.92 Å². The topological polar surface area (TPSA) is 46.4 Å². The summed E-state index contributed by atoms with van der Waals surface area (Å²) in [5, 5.41) is 10.0. The van der Waals surface area contributed by atoms with Crippen LogP contribution in [0, 0.1) is 10.1 Å². The number of rotatable bonds is 4. The van der Waals surface area contributed by atoms with Crippen molar-refractivity contribution in [2.75, 3.05) is 19.0 Å². The van der Waals surface area contributed by atoms with Crippen molar-refractivity contribution in [1.82, 2.24) is 0 Å². The van der Waals surface area contributed by atoms with Crippen LogP contribution in [0.2, 0.25) is 0 Å². The highest BCUT2D eigenvalue weighted by atomic mass is 16.6. The van der Waals surface area contributed by atoms with Crippen molar-refractivity contribution in [2.45, 2.75) is 0 Å². The van der Waals surface area contributed by atoms with E-state index in [1.165, 1.54) is 6.08 Å². The lowest BCUT2D eigenvalue weighted by Gasteiger charge is -2.12. The molecule has 0 heterocycles. The average molecular weight is 218 g/mol. The van der Waals surface area contributed by atoms with Gasteiger partial charge in [0, 0.05) is 25.9 Å². The minimum atomic E-state index is -0.486. The molecule has 4 heteroatoms. The predicted octanol–water partition coefficient (Wildman–Crippen LogP) is 2.56. The summed E-state index contributed by atoms with van der Waals surface area (Å²) < 4.78 is 0. The molecule has 0 saturated carbocycles. The van der Waals surface area contributed by atoms with Gasteiger partial charge in [-0.05, 0) is 17.7 Å². The maximum atomic E-state index is 10.0. The van der Waals surface area contributed by atoms with Crippen LogP contribution in [0.4, 0.5) is 5.69 Å². The van der Waals surface area contributed by atoms with Gasteiger partial charge in [-0.25, -0.2) is 0 Å². The fraction of sp³-hybridized carbons (Fsp3) is 0.167. The van der Waals surface area contributed by atoms with Crippen LogP contribution >= 0.6 is 0 Å². The first-order valence-electron chi connectivity index (χ1n) is 4.85. The van der Waals surface area contributed by atoms with Crippen LogP contribution in [-0.4, -0.2) is 19.0 Å². The van der Waals surface area contributed by atoms with Crippen LogP contribution in [0.25, 0.3) is 6.08 Å². The van der Waals surface area contributed by atoms with Crippen molar-refractivity contribution in [3.8, 4) is 0 Å². The van der Waals surface area contributed by atoms with E-state index in [1.54, 1.807) is 6.08 Å². The molecule has 0 aliphatic heterocycles. The number of nitrogens with zero attached hydrogens (tertiary/aromatic N) is 2. The van der Waals surface area contributed by atoms with Crippen LogP contribution in [0.5, 0.6) is 0 Å².